The van der Waals surface area contributed by atoms with Crippen molar-refractivity contribution in [3.05, 3.63) is 30.1 Å². The third-order valence-corrected chi connectivity index (χ3v) is 8.79. The first-order chi connectivity index (χ1) is 19.5. The molecular weight excluding hydrogens is 535 g/mol. The van der Waals surface area contributed by atoms with Crippen LogP contribution in [0.5, 0.6) is 0 Å². The molecule has 12 heteroatoms. The third-order valence-electron chi connectivity index (χ3n) is 8.79. The van der Waals surface area contributed by atoms with Crippen LogP contribution in [-0.2, 0) is 15.8 Å². The van der Waals surface area contributed by atoms with Gasteiger partial charge in [-0.3, -0.25) is 19.4 Å². The molecule has 3 atom stereocenters. The summed E-state index contributed by atoms with van der Waals surface area (Å²) in [5.74, 6) is 0.0681. The molecule has 41 heavy (non-hydrogen) atoms. The van der Waals surface area contributed by atoms with Gasteiger partial charge in [-0.05, 0) is 63.6 Å². The van der Waals surface area contributed by atoms with Gasteiger partial charge in [-0.15, -0.1) is 0 Å². The van der Waals surface area contributed by atoms with E-state index in [9.17, 15) is 22.8 Å². The highest BCUT2D eigenvalue weighted by atomic mass is 19.4. The number of nitrogens with one attached hydrogen (secondary N) is 2. The molecule has 226 valence electrons. The van der Waals surface area contributed by atoms with E-state index in [1.54, 1.807) is 0 Å². The largest absolute Gasteiger partial charge is 0.416 e. The molecule has 9 nitrogen and oxygen atoms in total. The van der Waals surface area contributed by atoms with Gasteiger partial charge >= 0.3 is 6.18 Å². The summed E-state index contributed by atoms with van der Waals surface area (Å²) in [6.07, 6.45) is -0.532. The normalized spacial score (nSPS) is 23.0. The van der Waals surface area contributed by atoms with Gasteiger partial charge in [0.1, 0.15) is 18.2 Å². The highest BCUT2D eigenvalue weighted by Gasteiger charge is 2.55. The topological polar surface area (TPSA) is 93.7 Å². The maximum atomic E-state index is 14.1. The molecule has 2 amide bonds. The number of carbonyl (C=O) groups excluding carboxylic acids is 2. The van der Waals surface area contributed by atoms with E-state index in [-0.39, 0.29) is 35.1 Å². The minimum absolute atomic E-state index is 0.00760. The Bertz CT molecular complexity index is 1220. The zero-order valence-electron chi connectivity index (χ0n) is 24.6. The van der Waals surface area contributed by atoms with Crippen LogP contribution in [0.4, 0.5) is 19.0 Å². The summed E-state index contributed by atoms with van der Waals surface area (Å²) in [5, 5.41) is 6.53. The monoisotopic (exact) mass is 577 g/mol. The van der Waals surface area contributed by atoms with Crippen molar-refractivity contribution in [3.63, 3.8) is 0 Å². The van der Waals surface area contributed by atoms with Crippen LogP contribution in [0.3, 0.4) is 0 Å². The number of hydrogen-bond acceptors (Lipinski definition) is 7. The summed E-state index contributed by atoms with van der Waals surface area (Å²) < 4.78 is 40.3. The standard InChI is InChI=1S/C29H42F3N7O2/c1-6-37(7-2)28(38(8-3)9-4)17-21(35-19(5)40)11-13-25(28)39-15-14-24(27(39)41)36-26-22-16-20(29(30,31)32)10-12-23(22)33-18-34-26/h10,12,16,18,21,24-25H,6-9,11,13-15,17H2,1-5H3,(H,35,40)(H,33,34,36)/t21-,24+,25+/m1/s1. The second-order valence-corrected chi connectivity index (χ2v) is 10.9. The van der Waals surface area contributed by atoms with Crippen LogP contribution >= 0.6 is 0 Å². The van der Waals surface area contributed by atoms with Crippen molar-refractivity contribution in [2.45, 2.75) is 90.3 Å². The van der Waals surface area contributed by atoms with Gasteiger partial charge < -0.3 is 15.5 Å². The molecule has 2 N–H and O–H groups in total. The lowest BCUT2D eigenvalue weighted by molar-refractivity contribution is -0.155. The Morgan fingerprint density at radius 1 is 1.05 bits per heavy atom. The Morgan fingerprint density at radius 2 is 1.71 bits per heavy atom. The minimum Gasteiger partial charge on any atom is -0.358 e. The summed E-state index contributed by atoms with van der Waals surface area (Å²) in [5.41, 5.74) is -0.899. The Kier molecular flexibility index (Phi) is 9.42. The molecule has 0 unspecified atom stereocenters. The van der Waals surface area contributed by atoms with E-state index in [1.165, 1.54) is 19.3 Å². The van der Waals surface area contributed by atoms with Crippen molar-refractivity contribution in [2.75, 3.05) is 38.0 Å². The maximum Gasteiger partial charge on any atom is 0.416 e. The predicted molar refractivity (Wildman–Crippen MR) is 152 cm³/mol. The summed E-state index contributed by atoms with van der Waals surface area (Å²) in [6.45, 7) is 13.7. The predicted octanol–water partition coefficient (Wildman–Crippen LogP) is 4.10. The number of carbonyl (C=O) groups is 2. The zero-order chi connectivity index (χ0) is 29.9. The number of alkyl halides is 3. The lowest BCUT2D eigenvalue weighted by atomic mass is 9.77. The molecule has 1 aliphatic carbocycles. The summed E-state index contributed by atoms with van der Waals surface area (Å²) in [6, 6.07) is 2.60. The smallest absolute Gasteiger partial charge is 0.358 e. The van der Waals surface area contributed by atoms with Gasteiger partial charge in [-0.25, -0.2) is 9.97 Å². The zero-order valence-corrected chi connectivity index (χ0v) is 24.6. The number of likely N-dealkylation sites (N-methyl/N-ethyl adjacent to an activating group) is 2. The SMILES string of the molecule is CCN(CC)C1(N(CC)CC)C[C@H](NC(C)=O)CC[C@@H]1N1CC[C@H](Nc2ncnc3ccc(C(F)(F)F)cc23)C1=O. The van der Waals surface area contributed by atoms with Crippen LogP contribution in [0.15, 0.2) is 24.5 Å². The first-order valence-corrected chi connectivity index (χ1v) is 14.7. The van der Waals surface area contributed by atoms with Crippen molar-refractivity contribution < 1.29 is 22.8 Å². The fraction of sp³-hybridized carbons (Fsp3) is 0.655. The van der Waals surface area contributed by atoms with Crippen molar-refractivity contribution in [3.8, 4) is 0 Å². The van der Waals surface area contributed by atoms with E-state index < -0.39 is 23.4 Å². The van der Waals surface area contributed by atoms with Crippen LogP contribution in [0.1, 0.15) is 65.9 Å². The van der Waals surface area contributed by atoms with Gasteiger partial charge in [-0.1, -0.05) is 27.7 Å². The van der Waals surface area contributed by atoms with Crippen molar-refractivity contribution in [1.82, 2.24) is 30.0 Å². The number of amides is 2. The molecule has 1 aliphatic heterocycles. The Balaban J connectivity index is 1.67. The maximum absolute atomic E-state index is 14.1. The van der Waals surface area contributed by atoms with Crippen LogP contribution in [0, 0.1) is 0 Å². The highest BCUT2D eigenvalue weighted by molar-refractivity contribution is 5.93. The van der Waals surface area contributed by atoms with Crippen LogP contribution < -0.4 is 10.6 Å². The number of hydrogen-bond donors (Lipinski definition) is 2. The molecule has 0 spiro atoms. The molecule has 1 saturated carbocycles. The minimum atomic E-state index is -4.50. The van der Waals surface area contributed by atoms with Gasteiger partial charge in [0.05, 0.1) is 22.8 Å². The number of aromatic nitrogens is 2. The van der Waals surface area contributed by atoms with Gasteiger partial charge in [0.2, 0.25) is 11.8 Å². The number of likely N-dealkylation sites (tertiary alicyclic amines) is 1. The van der Waals surface area contributed by atoms with Crippen molar-refractivity contribution >= 4 is 28.5 Å². The second-order valence-electron chi connectivity index (χ2n) is 10.9. The number of benzene rings is 1. The molecule has 1 aromatic carbocycles. The number of nitrogens with zero attached hydrogens (tertiary/aromatic N) is 5. The third kappa shape index (κ3) is 5.99. The number of fused-ring (bicyclic) bond motifs is 1. The Morgan fingerprint density at radius 3 is 2.29 bits per heavy atom. The molecule has 4 rings (SSSR count). The van der Waals surface area contributed by atoms with Crippen LogP contribution in [0.2, 0.25) is 0 Å². The molecule has 2 fully saturated rings. The Hall–Kier alpha value is -2.99. The first kappa shape index (κ1) is 31.0. The van der Waals surface area contributed by atoms with E-state index in [0.29, 0.717) is 24.9 Å². The number of halogens is 3. The molecule has 1 aromatic heterocycles. The van der Waals surface area contributed by atoms with E-state index in [4.69, 9.17) is 0 Å². The second kappa shape index (κ2) is 12.5. The van der Waals surface area contributed by atoms with E-state index in [1.807, 2.05) is 4.90 Å². The lowest BCUT2D eigenvalue weighted by Crippen LogP contribution is -2.74. The quantitative estimate of drug-likeness (QED) is 0.411. The van der Waals surface area contributed by atoms with Gasteiger partial charge in [0, 0.05) is 31.3 Å². The van der Waals surface area contributed by atoms with Crippen LogP contribution in [-0.4, -0.2) is 93.0 Å². The highest BCUT2D eigenvalue weighted by Crippen LogP contribution is 2.42. The van der Waals surface area contributed by atoms with Crippen LogP contribution in [0.25, 0.3) is 10.9 Å². The number of anilines is 1. The molecule has 2 aromatic rings. The molecule has 0 radical (unpaired) electrons. The first-order valence-electron chi connectivity index (χ1n) is 14.7. The average Bonchev–Trinajstić information content (AvgIpc) is 3.28. The molecule has 1 saturated heterocycles. The summed E-state index contributed by atoms with van der Waals surface area (Å²) in [4.78, 5) is 41.2. The van der Waals surface area contributed by atoms with Gasteiger partial charge in [0.25, 0.3) is 0 Å². The number of rotatable bonds is 10. The molecule has 2 heterocycles. The molecule has 0 bridgehead atoms. The molecule has 2 aliphatic rings. The molecular formula is C29H42F3N7O2. The summed E-state index contributed by atoms with van der Waals surface area (Å²) in [7, 11) is 0. The van der Waals surface area contributed by atoms with E-state index in [2.05, 4.69) is 58.1 Å². The fourth-order valence-corrected chi connectivity index (χ4v) is 7.09. The van der Waals surface area contributed by atoms with Gasteiger partial charge in [0.15, 0.2) is 0 Å². The summed E-state index contributed by atoms with van der Waals surface area (Å²) >= 11 is 0. The van der Waals surface area contributed by atoms with E-state index in [0.717, 1.165) is 51.2 Å². The Labute approximate surface area is 239 Å². The fourth-order valence-electron chi connectivity index (χ4n) is 7.09. The van der Waals surface area contributed by atoms with E-state index >= 15 is 0 Å². The van der Waals surface area contributed by atoms with Crippen molar-refractivity contribution in [2.24, 2.45) is 0 Å². The average molecular weight is 578 g/mol. The van der Waals surface area contributed by atoms with Gasteiger partial charge in [-0.2, -0.15) is 13.2 Å². The lowest BCUT2D eigenvalue weighted by Gasteiger charge is -2.60. The van der Waals surface area contributed by atoms with Crippen molar-refractivity contribution in [1.29, 1.82) is 0 Å².